The largest absolute Gasteiger partial charge is 0.382 e. The van der Waals surface area contributed by atoms with Crippen molar-refractivity contribution >= 4 is 23.5 Å². The third kappa shape index (κ3) is 2.69. The SMILES string of the molecule is CC1(C)CN(C(=O)c2nccnc2N)CCS1. The molecule has 1 aliphatic heterocycles. The van der Waals surface area contributed by atoms with Crippen LogP contribution in [-0.4, -0.2) is 44.4 Å². The highest BCUT2D eigenvalue weighted by molar-refractivity contribution is 8.00. The maximum atomic E-state index is 12.2. The first-order chi connectivity index (χ1) is 7.99. The van der Waals surface area contributed by atoms with Gasteiger partial charge in [0.2, 0.25) is 0 Å². The molecule has 1 fully saturated rings. The van der Waals surface area contributed by atoms with Crippen molar-refractivity contribution in [1.29, 1.82) is 0 Å². The highest BCUT2D eigenvalue weighted by Crippen LogP contribution is 2.30. The van der Waals surface area contributed by atoms with Crippen molar-refractivity contribution < 1.29 is 4.79 Å². The lowest BCUT2D eigenvalue weighted by Gasteiger charge is -2.37. The van der Waals surface area contributed by atoms with E-state index in [0.29, 0.717) is 6.54 Å². The Kier molecular flexibility index (Phi) is 3.24. The standard InChI is InChI=1S/C11H16N4OS/c1-11(2)7-15(5-6-17-11)10(16)8-9(12)14-4-3-13-8/h3-4H,5-7H2,1-2H3,(H2,12,14). The van der Waals surface area contributed by atoms with Gasteiger partial charge in [-0.1, -0.05) is 0 Å². The lowest BCUT2D eigenvalue weighted by molar-refractivity contribution is 0.0743. The highest BCUT2D eigenvalue weighted by atomic mass is 32.2. The van der Waals surface area contributed by atoms with Gasteiger partial charge in [-0.15, -0.1) is 0 Å². The van der Waals surface area contributed by atoms with Crippen molar-refractivity contribution in [3.63, 3.8) is 0 Å². The second kappa shape index (κ2) is 4.52. The Morgan fingerprint density at radius 1 is 1.47 bits per heavy atom. The van der Waals surface area contributed by atoms with Gasteiger partial charge >= 0.3 is 0 Å². The van der Waals surface area contributed by atoms with Crippen molar-refractivity contribution in [3.05, 3.63) is 18.1 Å². The summed E-state index contributed by atoms with van der Waals surface area (Å²) in [5, 5.41) is 0. The van der Waals surface area contributed by atoms with E-state index in [2.05, 4.69) is 23.8 Å². The van der Waals surface area contributed by atoms with Crippen LogP contribution in [0.5, 0.6) is 0 Å². The summed E-state index contributed by atoms with van der Waals surface area (Å²) >= 11 is 1.88. The average Bonchev–Trinajstić information content (AvgIpc) is 2.27. The number of nitrogens with two attached hydrogens (primary N) is 1. The summed E-state index contributed by atoms with van der Waals surface area (Å²) in [6.45, 7) is 5.73. The van der Waals surface area contributed by atoms with Gasteiger partial charge in [0.1, 0.15) is 0 Å². The number of carbonyl (C=O) groups excluding carboxylic acids is 1. The van der Waals surface area contributed by atoms with E-state index < -0.39 is 0 Å². The molecule has 1 saturated heterocycles. The molecule has 2 heterocycles. The summed E-state index contributed by atoms with van der Waals surface area (Å²) in [5.41, 5.74) is 5.93. The Morgan fingerprint density at radius 3 is 2.82 bits per heavy atom. The van der Waals surface area contributed by atoms with Gasteiger partial charge in [0.15, 0.2) is 11.5 Å². The Labute approximate surface area is 105 Å². The predicted octanol–water partition coefficient (Wildman–Crippen LogP) is 1.03. The molecule has 6 heteroatoms. The molecule has 1 aromatic rings. The number of rotatable bonds is 1. The summed E-state index contributed by atoms with van der Waals surface area (Å²) in [5.74, 6) is 1.02. The van der Waals surface area contributed by atoms with Crippen LogP contribution < -0.4 is 5.73 Å². The molecule has 0 aliphatic carbocycles. The number of thioether (sulfide) groups is 1. The van der Waals surface area contributed by atoms with Crippen LogP contribution in [-0.2, 0) is 0 Å². The fraction of sp³-hybridized carbons (Fsp3) is 0.545. The Bertz CT molecular complexity index is 435. The molecule has 17 heavy (non-hydrogen) atoms. The topological polar surface area (TPSA) is 72.1 Å². The fourth-order valence-electron chi connectivity index (χ4n) is 1.85. The number of hydrogen-bond donors (Lipinski definition) is 1. The Morgan fingerprint density at radius 2 is 2.18 bits per heavy atom. The molecule has 0 aromatic carbocycles. The van der Waals surface area contributed by atoms with E-state index in [4.69, 9.17) is 5.73 Å². The van der Waals surface area contributed by atoms with Crippen molar-refractivity contribution in [2.75, 3.05) is 24.6 Å². The summed E-state index contributed by atoms with van der Waals surface area (Å²) < 4.78 is 0.0882. The number of nitrogen functional groups attached to an aromatic ring is 1. The van der Waals surface area contributed by atoms with E-state index in [1.807, 2.05) is 11.8 Å². The molecule has 0 unspecified atom stereocenters. The quantitative estimate of drug-likeness (QED) is 0.808. The van der Waals surface area contributed by atoms with Crippen LogP contribution in [0.2, 0.25) is 0 Å². The molecule has 0 spiro atoms. The fourth-order valence-corrected chi connectivity index (χ4v) is 2.96. The molecule has 5 nitrogen and oxygen atoms in total. The Balaban J connectivity index is 2.18. The van der Waals surface area contributed by atoms with E-state index in [1.54, 1.807) is 4.90 Å². The number of aromatic nitrogens is 2. The average molecular weight is 252 g/mol. The van der Waals surface area contributed by atoms with Gasteiger partial charge in [-0.25, -0.2) is 9.97 Å². The van der Waals surface area contributed by atoms with E-state index in [9.17, 15) is 4.79 Å². The van der Waals surface area contributed by atoms with Crippen LogP contribution in [0.15, 0.2) is 12.4 Å². The van der Waals surface area contributed by atoms with E-state index in [-0.39, 0.29) is 22.2 Å². The molecular formula is C11H16N4OS. The van der Waals surface area contributed by atoms with Crippen molar-refractivity contribution in [1.82, 2.24) is 14.9 Å². The van der Waals surface area contributed by atoms with Crippen LogP contribution in [0, 0.1) is 0 Å². The number of nitrogens with zero attached hydrogens (tertiary/aromatic N) is 3. The monoisotopic (exact) mass is 252 g/mol. The zero-order valence-electron chi connectivity index (χ0n) is 10.0. The number of carbonyl (C=O) groups is 1. The minimum Gasteiger partial charge on any atom is -0.382 e. The first-order valence-corrected chi connectivity index (χ1v) is 6.48. The number of anilines is 1. The van der Waals surface area contributed by atoms with E-state index >= 15 is 0 Å². The minimum absolute atomic E-state index is 0.0882. The molecule has 0 atom stereocenters. The van der Waals surface area contributed by atoms with Crippen LogP contribution in [0.3, 0.4) is 0 Å². The maximum Gasteiger partial charge on any atom is 0.276 e. The van der Waals surface area contributed by atoms with Crippen molar-refractivity contribution in [3.8, 4) is 0 Å². The third-order valence-electron chi connectivity index (χ3n) is 2.64. The highest BCUT2D eigenvalue weighted by Gasteiger charge is 2.31. The summed E-state index contributed by atoms with van der Waals surface area (Å²) in [6, 6.07) is 0. The van der Waals surface area contributed by atoms with Crippen molar-refractivity contribution in [2.24, 2.45) is 0 Å². The molecule has 0 bridgehead atoms. The molecule has 2 rings (SSSR count). The van der Waals surface area contributed by atoms with E-state index in [1.165, 1.54) is 12.4 Å². The molecule has 2 N–H and O–H groups in total. The Hall–Kier alpha value is -1.30. The van der Waals surface area contributed by atoms with Crippen LogP contribution >= 0.6 is 11.8 Å². The van der Waals surface area contributed by atoms with Crippen LogP contribution in [0.25, 0.3) is 0 Å². The zero-order chi connectivity index (χ0) is 12.5. The summed E-state index contributed by atoms with van der Waals surface area (Å²) in [6.07, 6.45) is 2.98. The molecule has 1 aliphatic rings. The van der Waals surface area contributed by atoms with Gasteiger partial charge in [0.05, 0.1) is 0 Å². The second-order valence-electron chi connectivity index (χ2n) is 4.63. The van der Waals surface area contributed by atoms with Crippen molar-refractivity contribution in [2.45, 2.75) is 18.6 Å². The first kappa shape index (κ1) is 12.2. The number of hydrogen-bond acceptors (Lipinski definition) is 5. The molecule has 92 valence electrons. The van der Waals surface area contributed by atoms with Gasteiger partial charge in [0.25, 0.3) is 5.91 Å². The zero-order valence-corrected chi connectivity index (χ0v) is 10.8. The molecular weight excluding hydrogens is 236 g/mol. The summed E-state index contributed by atoms with van der Waals surface area (Å²) in [7, 11) is 0. The second-order valence-corrected chi connectivity index (χ2v) is 6.43. The van der Waals surface area contributed by atoms with Crippen LogP contribution in [0.1, 0.15) is 24.3 Å². The van der Waals surface area contributed by atoms with Gasteiger partial charge < -0.3 is 10.6 Å². The lowest BCUT2D eigenvalue weighted by atomic mass is 10.1. The molecule has 0 saturated carbocycles. The first-order valence-electron chi connectivity index (χ1n) is 5.49. The smallest absolute Gasteiger partial charge is 0.276 e. The van der Waals surface area contributed by atoms with Gasteiger partial charge in [0, 0.05) is 36.0 Å². The number of amides is 1. The van der Waals surface area contributed by atoms with Gasteiger partial charge in [-0.2, -0.15) is 11.8 Å². The summed E-state index contributed by atoms with van der Waals surface area (Å²) in [4.78, 5) is 22.0. The third-order valence-corrected chi connectivity index (χ3v) is 3.94. The normalized spacial score (nSPS) is 19.1. The van der Waals surface area contributed by atoms with Gasteiger partial charge in [-0.05, 0) is 13.8 Å². The maximum absolute atomic E-state index is 12.2. The molecule has 1 amide bonds. The van der Waals surface area contributed by atoms with E-state index in [0.717, 1.165) is 12.3 Å². The minimum atomic E-state index is -0.121. The predicted molar refractivity (Wildman–Crippen MR) is 68.9 cm³/mol. The van der Waals surface area contributed by atoms with Crippen LogP contribution in [0.4, 0.5) is 5.82 Å². The lowest BCUT2D eigenvalue weighted by Crippen LogP contribution is -2.46. The van der Waals surface area contributed by atoms with Gasteiger partial charge in [-0.3, -0.25) is 4.79 Å². The molecule has 1 aromatic heterocycles. The molecule has 0 radical (unpaired) electrons.